The van der Waals surface area contributed by atoms with E-state index in [9.17, 15) is 0 Å². The first-order chi connectivity index (χ1) is 7.67. The van der Waals surface area contributed by atoms with E-state index in [1.807, 2.05) is 55.4 Å². The molecule has 0 N–H and O–H groups in total. The molecule has 0 saturated heterocycles. The van der Waals surface area contributed by atoms with E-state index in [-0.39, 0.29) is 24.4 Å². The molecule has 0 unspecified atom stereocenters. The standard InChI is InChI=1S/C12H28O4Te/c1-9(2)13-17(14-10(3)4,15-11(5)6)16-12(7)8/h9-12H,1-8H3. The quantitative estimate of drug-likeness (QED) is 0.621. The van der Waals surface area contributed by atoms with E-state index in [2.05, 4.69) is 0 Å². The molecule has 0 aliphatic heterocycles. The number of rotatable bonds is 8. The van der Waals surface area contributed by atoms with Gasteiger partial charge in [0.15, 0.2) is 0 Å². The third kappa shape index (κ3) is 8.36. The van der Waals surface area contributed by atoms with E-state index >= 15 is 0 Å². The fraction of sp³-hybridized carbons (Fsp3) is 1.00. The van der Waals surface area contributed by atoms with Gasteiger partial charge in [-0.1, -0.05) is 0 Å². The molecular weight excluding hydrogens is 336 g/mol. The van der Waals surface area contributed by atoms with Crippen molar-refractivity contribution in [1.82, 2.24) is 0 Å². The Labute approximate surface area is 112 Å². The fourth-order valence-electron chi connectivity index (χ4n) is 1.08. The monoisotopic (exact) mass is 366 g/mol. The second-order valence-corrected chi connectivity index (χ2v) is 9.52. The summed E-state index contributed by atoms with van der Waals surface area (Å²) in [4.78, 5) is 0. The van der Waals surface area contributed by atoms with Crippen molar-refractivity contribution in [3.63, 3.8) is 0 Å². The molecule has 0 bridgehead atoms. The third-order valence-corrected chi connectivity index (χ3v) is 8.33. The molecule has 0 rings (SSSR count). The maximum atomic E-state index is 5.89. The van der Waals surface area contributed by atoms with Crippen molar-refractivity contribution in [3.05, 3.63) is 0 Å². The van der Waals surface area contributed by atoms with Crippen LogP contribution in [0, 0.1) is 0 Å². The molecule has 0 atom stereocenters. The first-order valence-corrected chi connectivity index (χ1v) is 10.0. The zero-order valence-electron chi connectivity index (χ0n) is 12.4. The van der Waals surface area contributed by atoms with E-state index in [1.54, 1.807) is 0 Å². The van der Waals surface area contributed by atoms with Gasteiger partial charge in [-0.15, -0.1) is 0 Å². The summed E-state index contributed by atoms with van der Waals surface area (Å²) in [7, 11) is 0. The first-order valence-electron chi connectivity index (χ1n) is 6.23. The second-order valence-electron chi connectivity index (χ2n) is 4.99. The van der Waals surface area contributed by atoms with Crippen molar-refractivity contribution in [1.29, 1.82) is 0 Å². The summed E-state index contributed by atoms with van der Waals surface area (Å²) in [5, 5.41) is 0. The molecule has 0 spiro atoms. The molecule has 0 aromatic heterocycles. The van der Waals surface area contributed by atoms with Crippen molar-refractivity contribution in [3.8, 4) is 0 Å². The van der Waals surface area contributed by atoms with E-state index in [0.717, 1.165) is 0 Å². The predicted octanol–water partition coefficient (Wildman–Crippen LogP) is 3.12. The molecule has 0 amide bonds. The van der Waals surface area contributed by atoms with Crippen LogP contribution in [0.15, 0.2) is 0 Å². The molecule has 0 aliphatic rings. The SMILES string of the molecule is CC(C)O[Te](OC(C)C)(OC(C)C)OC(C)C. The van der Waals surface area contributed by atoms with Crippen LogP contribution in [0.4, 0.5) is 0 Å². The topological polar surface area (TPSA) is 36.9 Å². The summed E-state index contributed by atoms with van der Waals surface area (Å²) in [6.45, 7) is 15.8. The zero-order chi connectivity index (χ0) is 13.6. The van der Waals surface area contributed by atoms with Gasteiger partial charge in [-0.25, -0.2) is 0 Å². The van der Waals surface area contributed by atoms with Gasteiger partial charge in [0, 0.05) is 0 Å². The molecule has 0 fully saturated rings. The molecule has 0 heterocycles. The van der Waals surface area contributed by atoms with Crippen LogP contribution in [0.5, 0.6) is 0 Å². The van der Waals surface area contributed by atoms with Crippen LogP contribution in [0.3, 0.4) is 0 Å². The molecule has 0 aromatic carbocycles. The van der Waals surface area contributed by atoms with Gasteiger partial charge in [0.2, 0.25) is 0 Å². The van der Waals surface area contributed by atoms with Crippen molar-refractivity contribution in [2.75, 3.05) is 0 Å². The van der Waals surface area contributed by atoms with Crippen molar-refractivity contribution < 1.29 is 12.4 Å². The van der Waals surface area contributed by atoms with E-state index in [0.29, 0.717) is 0 Å². The average molecular weight is 364 g/mol. The van der Waals surface area contributed by atoms with Crippen LogP contribution in [0.25, 0.3) is 0 Å². The minimum atomic E-state index is -3.65. The molecule has 17 heavy (non-hydrogen) atoms. The van der Waals surface area contributed by atoms with E-state index in [4.69, 9.17) is 12.4 Å². The second kappa shape index (κ2) is 7.93. The van der Waals surface area contributed by atoms with Gasteiger partial charge in [-0.2, -0.15) is 0 Å². The van der Waals surface area contributed by atoms with Gasteiger partial charge in [0.25, 0.3) is 0 Å². The Morgan fingerprint density at radius 3 is 0.765 bits per heavy atom. The summed E-state index contributed by atoms with van der Waals surface area (Å²) in [5.74, 6) is 0. The van der Waals surface area contributed by atoms with E-state index in [1.165, 1.54) is 0 Å². The van der Waals surface area contributed by atoms with Crippen LogP contribution < -0.4 is 0 Å². The van der Waals surface area contributed by atoms with Crippen molar-refractivity contribution in [2.45, 2.75) is 79.8 Å². The molecular formula is C12H28O4Te. The normalized spacial score (nSPS) is 14.4. The molecule has 4 nitrogen and oxygen atoms in total. The predicted molar refractivity (Wildman–Crippen MR) is 70.6 cm³/mol. The number of hydrogen-bond donors (Lipinski definition) is 0. The van der Waals surface area contributed by atoms with Crippen molar-refractivity contribution >= 4 is 19.8 Å². The Morgan fingerprint density at radius 1 is 0.471 bits per heavy atom. The summed E-state index contributed by atoms with van der Waals surface area (Å²) in [5.41, 5.74) is 0. The Morgan fingerprint density at radius 2 is 0.647 bits per heavy atom. The van der Waals surface area contributed by atoms with Crippen LogP contribution in [0.2, 0.25) is 0 Å². The Kier molecular flexibility index (Phi) is 8.23. The van der Waals surface area contributed by atoms with Crippen LogP contribution in [0.1, 0.15) is 55.4 Å². The van der Waals surface area contributed by atoms with Crippen molar-refractivity contribution in [2.24, 2.45) is 0 Å². The Hall–Kier alpha value is 0.630. The van der Waals surface area contributed by atoms with Gasteiger partial charge in [0.1, 0.15) is 0 Å². The fourth-order valence-corrected chi connectivity index (χ4v) is 7.24. The average Bonchev–Trinajstić information content (AvgIpc) is 1.95. The Balaban J connectivity index is 4.89. The Bertz CT molecular complexity index is 159. The van der Waals surface area contributed by atoms with Gasteiger partial charge in [-0.05, 0) is 0 Å². The molecule has 0 radical (unpaired) electrons. The molecule has 5 heteroatoms. The van der Waals surface area contributed by atoms with E-state index < -0.39 is 19.8 Å². The summed E-state index contributed by atoms with van der Waals surface area (Å²) in [6.07, 6.45) is 0.139. The summed E-state index contributed by atoms with van der Waals surface area (Å²) < 4.78 is 23.6. The van der Waals surface area contributed by atoms with Gasteiger partial charge in [0.05, 0.1) is 0 Å². The third-order valence-electron chi connectivity index (χ3n) is 1.24. The molecule has 0 aliphatic carbocycles. The van der Waals surface area contributed by atoms with Crippen LogP contribution in [-0.2, 0) is 12.4 Å². The molecule has 106 valence electrons. The molecule has 0 saturated carbocycles. The molecule has 0 aromatic rings. The van der Waals surface area contributed by atoms with Gasteiger partial charge >= 0.3 is 112 Å². The maximum absolute atomic E-state index is 5.89. The summed E-state index contributed by atoms with van der Waals surface area (Å²) in [6, 6.07) is 0. The minimum absolute atomic E-state index is 0.0347. The van der Waals surface area contributed by atoms with Gasteiger partial charge in [-0.3, -0.25) is 0 Å². The van der Waals surface area contributed by atoms with Gasteiger partial charge < -0.3 is 0 Å². The zero-order valence-corrected chi connectivity index (χ0v) is 14.7. The van der Waals surface area contributed by atoms with Crippen LogP contribution >= 0.6 is 0 Å². The summed E-state index contributed by atoms with van der Waals surface area (Å²) >= 11 is -3.65. The number of hydrogen-bond acceptors (Lipinski definition) is 4. The first kappa shape index (κ1) is 17.6. The van der Waals surface area contributed by atoms with Crippen LogP contribution in [-0.4, -0.2) is 44.2 Å².